The molecule has 0 saturated carbocycles. The summed E-state index contributed by atoms with van der Waals surface area (Å²) in [6.07, 6.45) is 6.97. The largest absolute Gasteiger partial charge is 0.769 e. The monoisotopic (exact) mass is 179 g/mol. The van der Waals surface area contributed by atoms with Crippen LogP contribution in [0.5, 0.6) is 0 Å². The lowest BCUT2D eigenvalue weighted by atomic mass is 9.96. The average molecular weight is 180 g/mol. The summed E-state index contributed by atoms with van der Waals surface area (Å²) < 4.78 is 7.72. The third-order valence-electron chi connectivity index (χ3n) is 1.97. The lowest BCUT2D eigenvalue weighted by Crippen LogP contribution is -1.96. The minimum Gasteiger partial charge on any atom is -0.769 e. The maximum atomic E-state index is 7.72. The van der Waals surface area contributed by atoms with Gasteiger partial charge in [-0.05, 0) is 5.92 Å². The SMILES string of the molecule is CCCC(CC)CCC.[O-]Cl. The molecule has 0 aliphatic rings. The van der Waals surface area contributed by atoms with Gasteiger partial charge in [0.05, 0.1) is 0 Å². The Morgan fingerprint density at radius 1 is 1.00 bits per heavy atom. The fourth-order valence-electron chi connectivity index (χ4n) is 1.37. The zero-order chi connectivity index (χ0) is 9.11. The molecule has 0 aromatic heterocycles. The normalized spacial score (nSPS) is 9.27. The first-order chi connectivity index (χ1) is 5.35. The Kier molecular flexibility index (Phi) is 16.2. The van der Waals surface area contributed by atoms with Crippen molar-refractivity contribution in [1.29, 1.82) is 0 Å². The molecule has 0 aliphatic carbocycles. The van der Waals surface area contributed by atoms with Crippen molar-refractivity contribution in [3.63, 3.8) is 0 Å². The highest BCUT2D eigenvalue weighted by atomic mass is 35.5. The summed E-state index contributed by atoms with van der Waals surface area (Å²) in [5.41, 5.74) is 0. The fraction of sp³-hybridized carbons (Fsp3) is 1.00. The fourth-order valence-corrected chi connectivity index (χ4v) is 1.37. The van der Waals surface area contributed by atoms with Gasteiger partial charge in [-0.2, -0.15) is 0 Å². The molecule has 1 nitrogen and oxygen atoms in total. The van der Waals surface area contributed by atoms with Gasteiger partial charge in [0.15, 0.2) is 0 Å². The molecular formula is C9H20ClO-. The van der Waals surface area contributed by atoms with Gasteiger partial charge in [0.1, 0.15) is 0 Å². The van der Waals surface area contributed by atoms with Gasteiger partial charge < -0.3 is 4.66 Å². The van der Waals surface area contributed by atoms with Crippen molar-refractivity contribution in [3.05, 3.63) is 0 Å². The van der Waals surface area contributed by atoms with E-state index in [4.69, 9.17) is 4.66 Å². The second-order valence-electron chi connectivity index (χ2n) is 2.85. The van der Waals surface area contributed by atoms with Gasteiger partial charge in [-0.1, -0.05) is 52.9 Å². The van der Waals surface area contributed by atoms with Gasteiger partial charge in [-0.3, -0.25) is 0 Å². The molecule has 0 spiro atoms. The summed E-state index contributed by atoms with van der Waals surface area (Å²) in [6, 6.07) is 0. The van der Waals surface area contributed by atoms with E-state index < -0.39 is 0 Å². The van der Waals surface area contributed by atoms with E-state index in [9.17, 15) is 0 Å². The molecule has 70 valence electrons. The van der Waals surface area contributed by atoms with Gasteiger partial charge in [-0.15, -0.1) is 0 Å². The third-order valence-corrected chi connectivity index (χ3v) is 1.97. The zero-order valence-electron chi connectivity index (χ0n) is 7.90. The van der Waals surface area contributed by atoms with Crippen LogP contribution in [0.3, 0.4) is 0 Å². The van der Waals surface area contributed by atoms with E-state index in [2.05, 4.69) is 32.6 Å². The van der Waals surface area contributed by atoms with Crippen molar-refractivity contribution >= 4 is 11.9 Å². The highest BCUT2D eigenvalue weighted by Gasteiger charge is 2.01. The van der Waals surface area contributed by atoms with Gasteiger partial charge in [0.25, 0.3) is 0 Å². The molecule has 0 heterocycles. The molecule has 0 amide bonds. The molecule has 0 unspecified atom stereocenters. The van der Waals surface area contributed by atoms with Crippen molar-refractivity contribution in [2.45, 2.75) is 52.9 Å². The van der Waals surface area contributed by atoms with Crippen molar-refractivity contribution < 1.29 is 4.66 Å². The topological polar surface area (TPSA) is 23.1 Å². The number of rotatable bonds is 5. The van der Waals surface area contributed by atoms with Crippen molar-refractivity contribution in [1.82, 2.24) is 0 Å². The molecular weight excluding hydrogens is 160 g/mol. The molecule has 2 heteroatoms. The van der Waals surface area contributed by atoms with Gasteiger partial charge in [0, 0.05) is 0 Å². The molecule has 0 aromatic rings. The van der Waals surface area contributed by atoms with Crippen molar-refractivity contribution in [2.24, 2.45) is 5.92 Å². The van der Waals surface area contributed by atoms with Gasteiger partial charge in [-0.25, -0.2) is 11.9 Å². The average Bonchev–Trinajstić information content (AvgIpc) is 2.08. The van der Waals surface area contributed by atoms with Crippen molar-refractivity contribution in [3.8, 4) is 0 Å². The summed E-state index contributed by atoms with van der Waals surface area (Å²) >= 11 is 3.39. The lowest BCUT2D eigenvalue weighted by molar-refractivity contribution is -0.166. The Hall–Kier alpha value is 0.250. The molecule has 0 fully saturated rings. The van der Waals surface area contributed by atoms with Crippen LogP contribution in [0.2, 0.25) is 0 Å². The highest BCUT2D eigenvalue weighted by molar-refractivity contribution is 6.02. The quantitative estimate of drug-likeness (QED) is 0.636. The van der Waals surface area contributed by atoms with Gasteiger partial charge >= 0.3 is 0 Å². The second-order valence-corrected chi connectivity index (χ2v) is 2.85. The number of hydrogen-bond donors (Lipinski definition) is 0. The van der Waals surface area contributed by atoms with Crippen LogP contribution < -0.4 is 4.66 Å². The number of halogens is 1. The van der Waals surface area contributed by atoms with E-state index >= 15 is 0 Å². The van der Waals surface area contributed by atoms with Crippen LogP contribution in [0.15, 0.2) is 0 Å². The van der Waals surface area contributed by atoms with Crippen LogP contribution in [0.25, 0.3) is 0 Å². The third kappa shape index (κ3) is 10.2. The van der Waals surface area contributed by atoms with Crippen LogP contribution in [0, 0.1) is 5.92 Å². The van der Waals surface area contributed by atoms with E-state index in [1.165, 1.54) is 32.1 Å². The summed E-state index contributed by atoms with van der Waals surface area (Å²) in [5, 5.41) is 0. The summed E-state index contributed by atoms with van der Waals surface area (Å²) in [4.78, 5) is 0. The van der Waals surface area contributed by atoms with E-state index in [0.717, 1.165) is 5.92 Å². The standard InChI is InChI=1S/C9H20.ClO/c1-4-7-9(6-3)8-5-2;1-2/h9H,4-8H2,1-3H3;/q;-1. The first-order valence-corrected chi connectivity index (χ1v) is 4.81. The molecule has 0 rings (SSSR count). The Morgan fingerprint density at radius 3 is 1.55 bits per heavy atom. The summed E-state index contributed by atoms with van der Waals surface area (Å²) in [6.45, 7) is 6.85. The van der Waals surface area contributed by atoms with Gasteiger partial charge in [0.2, 0.25) is 0 Å². The van der Waals surface area contributed by atoms with Crippen LogP contribution in [-0.2, 0) is 0 Å². The minimum atomic E-state index is 1.01. The molecule has 0 aromatic carbocycles. The van der Waals surface area contributed by atoms with E-state index in [1.54, 1.807) is 0 Å². The molecule has 0 saturated heterocycles. The van der Waals surface area contributed by atoms with Crippen LogP contribution >= 0.6 is 11.9 Å². The van der Waals surface area contributed by atoms with Crippen LogP contribution in [0.1, 0.15) is 52.9 Å². The Balaban J connectivity index is 0. The maximum absolute atomic E-state index is 7.72. The molecule has 11 heavy (non-hydrogen) atoms. The predicted octanol–water partition coefficient (Wildman–Crippen LogP) is 3.11. The first-order valence-electron chi connectivity index (χ1n) is 4.50. The summed E-state index contributed by atoms with van der Waals surface area (Å²) in [5.74, 6) is 1.01. The lowest BCUT2D eigenvalue weighted by Gasteiger charge is -2.10. The van der Waals surface area contributed by atoms with E-state index in [1.807, 2.05) is 0 Å². The van der Waals surface area contributed by atoms with Crippen LogP contribution in [-0.4, -0.2) is 0 Å². The first kappa shape index (κ1) is 13.8. The Morgan fingerprint density at radius 2 is 1.36 bits per heavy atom. The highest BCUT2D eigenvalue weighted by Crippen LogP contribution is 2.16. The zero-order valence-corrected chi connectivity index (χ0v) is 8.66. The van der Waals surface area contributed by atoms with E-state index in [-0.39, 0.29) is 0 Å². The van der Waals surface area contributed by atoms with Crippen LogP contribution in [0.4, 0.5) is 0 Å². The maximum Gasteiger partial charge on any atom is -0.0417 e. The molecule has 0 atom stereocenters. The molecule has 0 aliphatic heterocycles. The number of hydrogen-bond acceptors (Lipinski definition) is 1. The Labute approximate surface area is 75.9 Å². The Bertz CT molecular complexity index is 51.5. The molecule has 0 N–H and O–H groups in total. The minimum absolute atomic E-state index is 1.01. The molecule has 0 bridgehead atoms. The second kappa shape index (κ2) is 12.9. The predicted molar refractivity (Wildman–Crippen MR) is 49.5 cm³/mol. The smallest absolute Gasteiger partial charge is 0.0417 e. The summed E-state index contributed by atoms with van der Waals surface area (Å²) in [7, 11) is 0. The van der Waals surface area contributed by atoms with Crippen molar-refractivity contribution in [2.75, 3.05) is 0 Å². The van der Waals surface area contributed by atoms with E-state index in [0.29, 0.717) is 0 Å². The molecule has 0 radical (unpaired) electrons.